The summed E-state index contributed by atoms with van der Waals surface area (Å²) < 4.78 is 29.6. The number of rotatable bonds is 5. The zero-order valence-corrected chi connectivity index (χ0v) is 21.1. The Hall–Kier alpha value is -5.06. The Bertz CT molecular complexity index is 1890. The summed E-state index contributed by atoms with van der Waals surface area (Å²) in [7, 11) is 0. The molecule has 40 heavy (non-hydrogen) atoms. The van der Waals surface area contributed by atoms with E-state index < -0.39 is 5.82 Å². The summed E-state index contributed by atoms with van der Waals surface area (Å²) in [5, 5.41) is 10.3. The van der Waals surface area contributed by atoms with Gasteiger partial charge < -0.3 is 10.3 Å². The van der Waals surface area contributed by atoms with Gasteiger partial charge in [-0.3, -0.25) is 24.8 Å². The lowest BCUT2D eigenvalue weighted by atomic mass is 10.1. The maximum atomic E-state index is 16.1. The van der Waals surface area contributed by atoms with Crippen LogP contribution in [0.2, 0.25) is 0 Å². The normalized spacial score (nSPS) is 13.8. The van der Waals surface area contributed by atoms with Gasteiger partial charge in [0.05, 0.1) is 46.2 Å². The molecule has 1 saturated carbocycles. The Balaban J connectivity index is 1.28. The summed E-state index contributed by atoms with van der Waals surface area (Å²) in [6.45, 7) is 0. The number of carbonyl (C=O) groups excluding carboxylic acids is 1. The van der Waals surface area contributed by atoms with Crippen LogP contribution in [0, 0.1) is 17.6 Å². The SMILES string of the molecule is O=C(Nc1cncc(-c2ncc3[nH]nc(-c4nc5c(-c6ccc(F)cc6)cncc5[nH]4)c3c2F)c1)C1CCCC1. The first-order chi connectivity index (χ1) is 19.5. The molecule has 3 N–H and O–H groups in total. The van der Waals surface area contributed by atoms with Gasteiger partial charge in [0.1, 0.15) is 17.2 Å². The molecule has 0 saturated heterocycles. The highest BCUT2D eigenvalue weighted by Gasteiger charge is 2.24. The fraction of sp³-hybridized carbons (Fsp3) is 0.172. The lowest BCUT2D eigenvalue weighted by molar-refractivity contribution is -0.119. The van der Waals surface area contributed by atoms with Crippen LogP contribution in [0.5, 0.6) is 0 Å². The Labute approximate surface area is 226 Å². The van der Waals surface area contributed by atoms with Crippen molar-refractivity contribution in [1.29, 1.82) is 0 Å². The Morgan fingerprint density at radius 1 is 0.900 bits per heavy atom. The summed E-state index contributed by atoms with van der Waals surface area (Å²) in [6, 6.07) is 7.71. The highest BCUT2D eigenvalue weighted by molar-refractivity contribution is 5.98. The third kappa shape index (κ3) is 4.15. The topological polar surface area (TPSA) is 125 Å². The molecule has 0 atom stereocenters. The van der Waals surface area contributed by atoms with E-state index in [-0.39, 0.29) is 34.4 Å². The van der Waals surface area contributed by atoms with E-state index >= 15 is 4.39 Å². The molecular weight excluding hydrogens is 514 g/mol. The average molecular weight is 537 g/mol. The van der Waals surface area contributed by atoms with Crippen LogP contribution >= 0.6 is 0 Å². The molecule has 9 nitrogen and oxygen atoms in total. The second kappa shape index (κ2) is 9.60. The highest BCUT2D eigenvalue weighted by atomic mass is 19.1. The molecule has 0 aliphatic heterocycles. The fourth-order valence-electron chi connectivity index (χ4n) is 5.30. The van der Waals surface area contributed by atoms with E-state index in [0.29, 0.717) is 39.2 Å². The number of amides is 1. The maximum Gasteiger partial charge on any atom is 0.227 e. The van der Waals surface area contributed by atoms with Crippen LogP contribution in [0.3, 0.4) is 0 Å². The molecule has 1 aliphatic rings. The number of nitrogens with zero attached hydrogens (tertiary/aromatic N) is 5. The molecule has 11 heteroatoms. The summed E-state index contributed by atoms with van der Waals surface area (Å²) in [5.74, 6) is -0.654. The van der Waals surface area contributed by atoms with Gasteiger partial charge in [0.15, 0.2) is 11.6 Å². The molecule has 0 unspecified atom stereocenters. The summed E-state index contributed by atoms with van der Waals surface area (Å²) in [5.41, 5.74) is 4.31. The molecule has 0 spiro atoms. The van der Waals surface area contributed by atoms with Gasteiger partial charge in [0.2, 0.25) is 5.91 Å². The van der Waals surface area contributed by atoms with Crippen molar-refractivity contribution in [3.63, 3.8) is 0 Å². The van der Waals surface area contributed by atoms with Crippen molar-refractivity contribution in [3.8, 4) is 33.9 Å². The lowest BCUT2D eigenvalue weighted by Gasteiger charge is -2.11. The minimum absolute atomic E-state index is 0.00839. The van der Waals surface area contributed by atoms with Crippen LogP contribution in [0.1, 0.15) is 25.7 Å². The molecule has 1 aliphatic carbocycles. The fourth-order valence-corrected chi connectivity index (χ4v) is 5.30. The van der Waals surface area contributed by atoms with E-state index in [1.165, 1.54) is 30.7 Å². The van der Waals surface area contributed by atoms with Gasteiger partial charge in [-0.1, -0.05) is 25.0 Å². The van der Waals surface area contributed by atoms with Gasteiger partial charge in [-0.25, -0.2) is 13.8 Å². The monoisotopic (exact) mass is 536 g/mol. The molecular formula is C29H22F2N8O. The van der Waals surface area contributed by atoms with Gasteiger partial charge in [-0.05, 0) is 36.6 Å². The van der Waals surface area contributed by atoms with Crippen LogP contribution < -0.4 is 5.32 Å². The van der Waals surface area contributed by atoms with Crippen molar-refractivity contribution >= 4 is 33.5 Å². The number of H-pyrrole nitrogens is 2. The third-order valence-corrected chi connectivity index (χ3v) is 7.32. The van der Waals surface area contributed by atoms with Crippen LogP contribution in [0.15, 0.2) is 61.3 Å². The van der Waals surface area contributed by atoms with Gasteiger partial charge in [0, 0.05) is 29.4 Å². The summed E-state index contributed by atoms with van der Waals surface area (Å²) in [6.07, 6.45) is 11.7. The van der Waals surface area contributed by atoms with E-state index in [1.807, 2.05) is 0 Å². The maximum absolute atomic E-state index is 16.1. The molecule has 6 aromatic rings. The van der Waals surface area contributed by atoms with E-state index in [1.54, 1.807) is 30.6 Å². The Morgan fingerprint density at radius 2 is 1.70 bits per heavy atom. The number of aromatic amines is 2. The minimum atomic E-state index is -0.598. The third-order valence-electron chi connectivity index (χ3n) is 7.32. The van der Waals surface area contributed by atoms with Crippen molar-refractivity contribution in [2.24, 2.45) is 5.92 Å². The zero-order valence-electron chi connectivity index (χ0n) is 21.1. The number of fused-ring (bicyclic) bond motifs is 2. The molecule has 5 aromatic heterocycles. The molecule has 0 bridgehead atoms. The van der Waals surface area contributed by atoms with Crippen molar-refractivity contribution < 1.29 is 13.6 Å². The van der Waals surface area contributed by atoms with Gasteiger partial charge in [-0.15, -0.1) is 0 Å². The predicted octanol–water partition coefficient (Wildman–Crippen LogP) is 6.03. The largest absolute Gasteiger partial charge is 0.335 e. The standard InChI is InChI=1S/C29H22F2N8O/c30-18-7-5-15(6-8-18)20-12-33-13-22-26(20)37-28(36-22)27-23-21(38-39-27)14-34-25(24(23)31)17-9-19(11-32-10-17)35-29(40)16-3-1-2-4-16/h5-14,16H,1-4H2,(H,35,40)(H,36,37)(H,38,39). The highest BCUT2D eigenvalue weighted by Crippen LogP contribution is 2.35. The number of pyridine rings is 3. The first kappa shape index (κ1) is 24.0. The van der Waals surface area contributed by atoms with Crippen molar-refractivity contribution in [2.45, 2.75) is 25.7 Å². The van der Waals surface area contributed by atoms with Crippen LogP contribution in [-0.2, 0) is 4.79 Å². The molecule has 1 fully saturated rings. The van der Waals surface area contributed by atoms with E-state index in [0.717, 1.165) is 31.2 Å². The smallest absolute Gasteiger partial charge is 0.227 e. The number of halogens is 2. The number of imidazole rings is 1. The number of hydrogen-bond donors (Lipinski definition) is 3. The lowest BCUT2D eigenvalue weighted by Crippen LogP contribution is -2.20. The van der Waals surface area contributed by atoms with Gasteiger partial charge >= 0.3 is 0 Å². The van der Waals surface area contributed by atoms with Crippen LogP contribution in [0.25, 0.3) is 55.8 Å². The first-order valence-electron chi connectivity index (χ1n) is 12.9. The van der Waals surface area contributed by atoms with Crippen molar-refractivity contribution in [3.05, 3.63) is 73.0 Å². The number of anilines is 1. The number of aromatic nitrogens is 7. The molecule has 7 rings (SSSR count). The number of carbonyl (C=O) groups is 1. The van der Waals surface area contributed by atoms with E-state index in [2.05, 4.69) is 35.5 Å². The van der Waals surface area contributed by atoms with Crippen LogP contribution in [-0.4, -0.2) is 41.0 Å². The summed E-state index contributed by atoms with van der Waals surface area (Å²) in [4.78, 5) is 33.3. The van der Waals surface area contributed by atoms with E-state index in [4.69, 9.17) is 4.98 Å². The van der Waals surface area contributed by atoms with Crippen molar-refractivity contribution in [1.82, 2.24) is 35.1 Å². The quantitative estimate of drug-likeness (QED) is 0.247. The number of benzene rings is 1. The van der Waals surface area contributed by atoms with Gasteiger partial charge in [-0.2, -0.15) is 5.10 Å². The van der Waals surface area contributed by atoms with E-state index in [9.17, 15) is 9.18 Å². The van der Waals surface area contributed by atoms with Crippen molar-refractivity contribution in [2.75, 3.05) is 5.32 Å². The molecule has 5 heterocycles. The molecule has 0 radical (unpaired) electrons. The Kier molecular flexibility index (Phi) is 5.76. The zero-order chi connectivity index (χ0) is 27.2. The second-order valence-electron chi connectivity index (χ2n) is 9.89. The van der Waals surface area contributed by atoms with Crippen LogP contribution in [0.4, 0.5) is 14.5 Å². The average Bonchev–Trinajstić information content (AvgIpc) is 3.73. The van der Waals surface area contributed by atoms with Gasteiger partial charge in [0.25, 0.3) is 0 Å². The Morgan fingerprint density at radius 3 is 2.52 bits per heavy atom. The minimum Gasteiger partial charge on any atom is -0.335 e. The predicted molar refractivity (Wildman–Crippen MR) is 146 cm³/mol. The summed E-state index contributed by atoms with van der Waals surface area (Å²) >= 11 is 0. The number of nitrogens with one attached hydrogen (secondary N) is 3. The second-order valence-corrected chi connectivity index (χ2v) is 9.89. The molecule has 1 amide bonds. The first-order valence-corrected chi connectivity index (χ1v) is 12.9. The number of hydrogen-bond acceptors (Lipinski definition) is 6. The molecule has 1 aromatic carbocycles. The molecule has 198 valence electrons.